The highest BCUT2D eigenvalue weighted by Crippen LogP contribution is 2.38. The van der Waals surface area contributed by atoms with Crippen molar-refractivity contribution in [2.75, 3.05) is 41.0 Å². The smallest absolute Gasteiger partial charge is 0.251 e. The van der Waals surface area contributed by atoms with E-state index in [-0.39, 0.29) is 11.8 Å². The second kappa shape index (κ2) is 15.0. The van der Waals surface area contributed by atoms with Crippen molar-refractivity contribution in [2.24, 2.45) is 0 Å². The maximum absolute atomic E-state index is 13.1. The lowest BCUT2D eigenvalue weighted by atomic mass is 10.1. The van der Waals surface area contributed by atoms with E-state index < -0.39 is 0 Å². The molecule has 2 amide bonds. The van der Waals surface area contributed by atoms with E-state index in [4.69, 9.17) is 19.2 Å². The van der Waals surface area contributed by atoms with Crippen LogP contribution in [0, 0.1) is 0 Å². The van der Waals surface area contributed by atoms with Crippen LogP contribution in [0.4, 0.5) is 0 Å². The Morgan fingerprint density at radius 3 is 2.21 bits per heavy atom. The number of nitrogens with zero attached hydrogens (tertiary/aromatic N) is 3. The quantitative estimate of drug-likeness (QED) is 0.262. The summed E-state index contributed by atoms with van der Waals surface area (Å²) in [6.45, 7) is 6.60. The maximum Gasteiger partial charge on any atom is 0.251 e. The predicted molar refractivity (Wildman–Crippen MR) is 153 cm³/mol. The average molecular weight is 539 g/mol. The molecule has 212 valence electrons. The van der Waals surface area contributed by atoms with Crippen LogP contribution < -0.4 is 19.5 Å². The molecule has 9 nitrogen and oxygen atoms in total. The van der Waals surface area contributed by atoms with Gasteiger partial charge in [0.15, 0.2) is 11.5 Å². The number of para-hydroxylation sites is 2. The molecule has 0 atom stereocenters. The Labute approximate surface area is 231 Å². The molecule has 0 radical (unpaired) electrons. The summed E-state index contributed by atoms with van der Waals surface area (Å²) in [6, 6.07) is 11.3. The van der Waals surface area contributed by atoms with Crippen molar-refractivity contribution in [2.45, 2.75) is 58.9 Å². The Kier molecular flexibility index (Phi) is 11.5. The van der Waals surface area contributed by atoms with Crippen LogP contribution in [0.5, 0.6) is 17.2 Å². The first-order valence-corrected chi connectivity index (χ1v) is 13.8. The summed E-state index contributed by atoms with van der Waals surface area (Å²) in [6.07, 6.45) is 5.31. The lowest BCUT2D eigenvalue weighted by Gasteiger charge is -2.22. The van der Waals surface area contributed by atoms with Crippen molar-refractivity contribution in [3.63, 3.8) is 0 Å². The third-order valence-electron chi connectivity index (χ3n) is 6.66. The molecule has 0 fully saturated rings. The maximum atomic E-state index is 13.1. The van der Waals surface area contributed by atoms with Gasteiger partial charge in [0.2, 0.25) is 11.7 Å². The molecule has 0 saturated heterocycles. The summed E-state index contributed by atoms with van der Waals surface area (Å²) < 4.78 is 18.1. The van der Waals surface area contributed by atoms with Gasteiger partial charge >= 0.3 is 0 Å². The van der Waals surface area contributed by atoms with Crippen LogP contribution in [0.3, 0.4) is 0 Å². The Hall–Kier alpha value is -3.75. The fourth-order valence-corrected chi connectivity index (χ4v) is 4.73. The minimum Gasteiger partial charge on any atom is -0.493 e. The van der Waals surface area contributed by atoms with Crippen molar-refractivity contribution < 1.29 is 23.8 Å². The van der Waals surface area contributed by atoms with Crippen molar-refractivity contribution in [1.82, 2.24) is 19.8 Å². The molecule has 0 spiro atoms. The number of rotatable bonds is 16. The highest BCUT2D eigenvalue weighted by molar-refractivity contribution is 5.95. The summed E-state index contributed by atoms with van der Waals surface area (Å²) >= 11 is 0. The number of hydrogen-bond acceptors (Lipinski definition) is 6. The van der Waals surface area contributed by atoms with Gasteiger partial charge in [-0.2, -0.15) is 0 Å². The molecule has 2 aromatic carbocycles. The van der Waals surface area contributed by atoms with Crippen LogP contribution in [0.1, 0.15) is 62.1 Å². The topological polar surface area (TPSA) is 94.9 Å². The number of nitrogens with one attached hydrogen (secondary N) is 1. The molecule has 0 saturated carbocycles. The molecule has 0 aliphatic carbocycles. The highest BCUT2D eigenvalue weighted by atomic mass is 16.5. The Morgan fingerprint density at radius 1 is 0.923 bits per heavy atom. The molecule has 0 aliphatic heterocycles. The Balaban J connectivity index is 1.56. The zero-order chi connectivity index (χ0) is 28.2. The predicted octanol–water partition coefficient (Wildman–Crippen LogP) is 4.85. The van der Waals surface area contributed by atoms with Gasteiger partial charge in [-0.1, -0.05) is 32.4 Å². The number of ether oxygens (including phenoxy) is 3. The summed E-state index contributed by atoms with van der Waals surface area (Å²) in [7, 11) is 4.58. The number of carbonyl (C=O) groups is 2. The summed E-state index contributed by atoms with van der Waals surface area (Å²) in [5, 5.41) is 2.97. The lowest BCUT2D eigenvalue weighted by molar-refractivity contribution is -0.131. The van der Waals surface area contributed by atoms with Crippen molar-refractivity contribution >= 4 is 22.8 Å². The first-order valence-electron chi connectivity index (χ1n) is 13.8. The Morgan fingerprint density at radius 2 is 1.59 bits per heavy atom. The average Bonchev–Trinajstić information content (AvgIpc) is 3.30. The molecule has 0 bridgehead atoms. The Bertz CT molecular complexity index is 1210. The molecule has 9 heteroatoms. The first kappa shape index (κ1) is 29.8. The van der Waals surface area contributed by atoms with Crippen LogP contribution in [-0.2, 0) is 17.8 Å². The van der Waals surface area contributed by atoms with Gasteiger partial charge in [-0.3, -0.25) is 9.59 Å². The number of methoxy groups -OCH3 is 3. The fourth-order valence-electron chi connectivity index (χ4n) is 4.73. The molecule has 0 unspecified atom stereocenters. The van der Waals surface area contributed by atoms with E-state index in [1.54, 1.807) is 12.1 Å². The third-order valence-corrected chi connectivity index (χ3v) is 6.66. The molecule has 3 rings (SSSR count). The van der Waals surface area contributed by atoms with Crippen molar-refractivity contribution in [3.8, 4) is 17.2 Å². The van der Waals surface area contributed by atoms with Gasteiger partial charge in [0.05, 0.1) is 32.4 Å². The van der Waals surface area contributed by atoms with Gasteiger partial charge < -0.3 is 29.0 Å². The van der Waals surface area contributed by atoms with E-state index in [2.05, 4.69) is 23.7 Å². The number of benzene rings is 2. The molecule has 3 aromatic rings. The van der Waals surface area contributed by atoms with E-state index in [1.807, 2.05) is 29.2 Å². The van der Waals surface area contributed by atoms with Gasteiger partial charge in [-0.25, -0.2) is 4.98 Å². The number of carbonyl (C=O) groups excluding carboxylic acids is 2. The van der Waals surface area contributed by atoms with E-state index in [0.29, 0.717) is 35.9 Å². The number of imidazole rings is 1. The zero-order valence-electron chi connectivity index (χ0n) is 23.9. The summed E-state index contributed by atoms with van der Waals surface area (Å²) in [5.41, 5.74) is 2.35. The minimum absolute atomic E-state index is 0.137. The number of aryl methyl sites for hydroxylation is 1. The van der Waals surface area contributed by atoms with Gasteiger partial charge in [0.25, 0.3) is 5.91 Å². The summed E-state index contributed by atoms with van der Waals surface area (Å²) in [4.78, 5) is 32.6. The molecular weight excluding hydrogens is 496 g/mol. The number of unbranched alkanes of at least 4 members (excludes halogenated alkanes) is 2. The van der Waals surface area contributed by atoms with Crippen LogP contribution >= 0.6 is 0 Å². The van der Waals surface area contributed by atoms with Gasteiger partial charge in [0.1, 0.15) is 12.4 Å². The van der Waals surface area contributed by atoms with Crippen molar-refractivity contribution in [3.05, 3.63) is 47.8 Å². The van der Waals surface area contributed by atoms with E-state index in [1.165, 1.54) is 21.3 Å². The van der Waals surface area contributed by atoms with Crippen LogP contribution in [-0.4, -0.2) is 67.2 Å². The number of hydrogen-bond donors (Lipinski definition) is 1. The van der Waals surface area contributed by atoms with E-state index >= 15 is 0 Å². The third kappa shape index (κ3) is 7.65. The van der Waals surface area contributed by atoms with E-state index in [9.17, 15) is 9.59 Å². The number of amides is 2. The van der Waals surface area contributed by atoms with Gasteiger partial charge in [0, 0.05) is 31.6 Å². The summed E-state index contributed by atoms with van der Waals surface area (Å²) in [5.74, 6) is 2.20. The normalized spacial score (nSPS) is 10.9. The minimum atomic E-state index is -0.196. The first-order chi connectivity index (χ1) is 19.0. The van der Waals surface area contributed by atoms with Crippen molar-refractivity contribution in [1.29, 1.82) is 0 Å². The van der Waals surface area contributed by atoms with Crippen LogP contribution in [0.15, 0.2) is 36.4 Å². The van der Waals surface area contributed by atoms with Crippen LogP contribution in [0.25, 0.3) is 11.0 Å². The highest BCUT2D eigenvalue weighted by Gasteiger charge is 2.18. The lowest BCUT2D eigenvalue weighted by Crippen LogP contribution is -2.35. The molecule has 1 heterocycles. The second-order valence-corrected chi connectivity index (χ2v) is 9.46. The van der Waals surface area contributed by atoms with Gasteiger partial charge in [-0.05, 0) is 49.9 Å². The molecule has 1 N–H and O–H groups in total. The molecular formula is C30H42N4O5. The molecule has 0 aliphatic rings. The van der Waals surface area contributed by atoms with Gasteiger partial charge in [-0.15, -0.1) is 0 Å². The monoisotopic (exact) mass is 538 g/mol. The zero-order valence-corrected chi connectivity index (χ0v) is 23.9. The largest absolute Gasteiger partial charge is 0.493 e. The second-order valence-electron chi connectivity index (χ2n) is 9.46. The standard InChI is InChI=1S/C30H42N4O5/c1-6-17-33(18-7-2)28(35)21-34-24-14-11-10-13-23(24)32-27(34)15-9-8-12-16-31-30(36)22-19-25(37-3)29(39-5)26(20-22)38-4/h10-11,13-14,19-20H,6-9,12,15-18,21H2,1-5H3,(H,31,36). The SMILES string of the molecule is CCCN(CCC)C(=O)Cn1c(CCCCCNC(=O)c2cc(OC)c(OC)c(OC)c2)nc2ccccc21. The number of fused-ring (bicyclic) bond motifs is 1. The fraction of sp³-hybridized carbons (Fsp3) is 0.500. The number of aromatic nitrogens is 2. The van der Waals surface area contributed by atoms with E-state index in [0.717, 1.165) is 68.5 Å². The molecule has 1 aromatic heterocycles. The molecule has 39 heavy (non-hydrogen) atoms. The van der Waals surface area contributed by atoms with Crippen LogP contribution in [0.2, 0.25) is 0 Å².